The van der Waals surface area contributed by atoms with Gasteiger partial charge in [-0.2, -0.15) is 0 Å². The molecule has 0 radical (unpaired) electrons. The molecule has 0 aromatic carbocycles. The van der Waals surface area contributed by atoms with E-state index in [1.807, 2.05) is 6.07 Å². The van der Waals surface area contributed by atoms with Crippen LogP contribution in [0.1, 0.15) is 31.4 Å². The van der Waals surface area contributed by atoms with Gasteiger partial charge in [-0.15, -0.1) is 0 Å². The van der Waals surface area contributed by atoms with Crippen LogP contribution in [0.4, 0.5) is 5.69 Å². The highest BCUT2D eigenvalue weighted by Gasteiger charge is 2.20. The number of hydrogen-bond acceptors (Lipinski definition) is 4. The van der Waals surface area contributed by atoms with E-state index in [0.717, 1.165) is 30.3 Å². The molecule has 94 valence electrons. The first-order chi connectivity index (χ1) is 8.22. The summed E-state index contributed by atoms with van der Waals surface area (Å²) in [4.78, 5) is 6.41. The van der Waals surface area contributed by atoms with Crippen molar-refractivity contribution in [2.45, 2.75) is 25.9 Å². The van der Waals surface area contributed by atoms with E-state index >= 15 is 0 Å². The van der Waals surface area contributed by atoms with E-state index in [4.69, 9.17) is 5.73 Å². The van der Waals surface area contributed by atoms with Crippen LogP contribution in [0, 0.1) is 5.92 Å². The van der Waals surface area contributed by atoms with Crippen molar-refractivity contribution in [3.8, 4) is 0 Å². The first-order valence-corrected chi connectivity index (χ1v) is 6.29. The third kappa shape index (κ3) is 2.76. The molecule has 1 unspecified atom stereocenters. The second-order valence-corrected chi connectivity index (χ2v) is 4.86. The number of hydrogen-bond donors (Lipinski definition) is 2. The number of pyridine rings is 1. The first kappa shape index (κ1) is 12.3. The predicted molar refractivity (Wildman–Crippen MR) is 68.9 cm³/mol. The maximum atomic E-state index is 9.90. The van der Waals surface area contributed by atoms with Crippen LogP contribution in [-0.2, 0) is 0 Å². The van der Waals surface area contributed by atoms with E-state index in [-0.39, 0.29) is 6.54 Å². The van der Waals surface area contributed by atoms with Gasteiger partial charge in [-0.25, -0.2) is 0 Å². The van der Waals surface area contributed by atoms with Gasteiger partial charge in [0.05, 0.1) is 6.10 Å². The van der Waals surface area contributed by atoms with Crippen molar-refractivity contribution < 1.29 is 5.11 Å². The van der Waals surface area contributed by atoms with Crippen LogP contribution in [0.5, 0.6) is 0 Å². The van der Waals surface area contributed by atoms with Crippen LogP contribution in [0.2, 0.25) is 0 Å². The minimum absolute atomic E-state index is 0.239. The molecule has 0 spiro atoms. The Balaban J connectivity index is 2.19. The highest BCUT2D eigenvalue weighted by molar-refractivity contribution is 5.53. The molecule has 1 fully saturated rings. The molecule has 2 rings (SSSR count). The molecule has 17 heavy (non-hydrogen) atoms. The summed E-state index contributed by atoms with van der Waals surface area (Å²) in [5.41, 5.74) is 7.47. The van der Waals surface area contributed by atoms with Crippen LogP contribution in [0.3, 0.4) is 0 Å². The molecule has 0 amide bonds. The van der Waals surface area contributed by atoms with E-state index in [1.54, 1.807) is 12.4 Å². The van der Waals surface area contributed by atoms with Crippen molar-refractivity contribution in [3.63, 3.8) is 0 Å². The number of nitrogens with two attached hydrogens (primary N) is 1. The molecule has 1 aliphatic rings. The highest BCUT2D eigenvalue weighted by Crippen LogP contribution is 2.28. The normalized spacial score (nSPS) is 19.4. The third-order valence-electron chi connectivity index (χ3n) is 3.53. The van der Waals surface area contributed by atoms with E-state index in [1.165, 1.54) is 12.8 Å². The van der Waals surface area contributed by atoms with Gasteiger partial charge in [0.2, 0.25) is 0 Å². The van der Waals surface area contributed by atoms with Crippen molar-refractivity contribution in [1.82, 2.24) is 4.98 Å². The lowest BCUT2D eigenvalue weighted by atomic mass is 9.98. The molecule has 0 bridgehead atoms. The van der Waals surface area contributed by atoms with Crippen molar-refractivity contribution in [2.24, 2.45) is 11.7 Å². The molecule has 2 heterocycles. The Hall–Kier alpha value is -1.13. The Morgan fingerprint density at radius 3 is 2.88 bits per heavy atom. The molecule has 1 atom stereocenters. The molecule has 0 saturated carbocycles. The number of rotatable bonds is 3. The predicted octanol–water partition coefficient (Wildman–Crippen LogP) is 1.31. The summed E-state index contributed by atoms with van der Waals surface area (Å²) in [7, 11) is 0. The van der Waals surface area contributed by atoms with Crippen LogP contribution < -0.4 is 10.6 Å². The van der Waals surface area contributed by atoms with Crippen LogP contribution in [-0.4, -0.2) is 29.7 Å². The van der Waals surface area contributed by atoms with Gasteiger partial charge in [0.25, 0.3) is 0 Å². The van der Waals surface area contributed by atoms with Gasteiger partial charge in [0.15, 0.2) is 0 Å². The molecule has 0 aliphatic carbocycles. The molecule has 1 aromatic rings. The fourth-order valence-electron chi connectivity index (χ4n) is 2.32. The largest absolute Gasteiger partial charge is 0.387 e. The van der Waals surface area contributed by atoms with E-state index in [9.17, 15) is 5.11 Å². The molecule has 3 N–H and O–H groups in total. The van der Waals surface area contributed by atoms with Gasteiger partial charge < -0.3 is 15.7 Å². The number of piperidine rings is 1. The molecule has 4 nitrogen and oxygen atoms in total. The monoisotopic (exact) mass is 235 g/mol. The summed E-state index contributed by atoms with van der Waals surface area (Å²) in [6, 6.07) is 1.98. The van der Waals surface area contributed by atoms with Crippen LogP contribution in [0.15, 0.2) is 18.5 Å². The Morgan fingerprint density at radius 1 is 1.53 bits per heavy atom. The number of anilines is 1. The minimum Gasteiger partial charge on any atom is -0.387 e. The fraction of sp³-hybridized carbons (Fsp3) is 0.615. The molecule has 1 aliphatic heterocycles. The molecular weight excluding hydrogens is 214 g/mol. The van der Waals surface area contributed by atoms with Gasteiger partial charge in [0, 0.05) is 43.3 Å². The molecule has 1 aromatic heterocycles. The maximum absolute atomic E-state index is 9.90. The Bertz CT molecular complexity index is 361. The quantitative estimate of drug-likeness (QED) is 0.829. The van der Waals surface area contributed by atoms with Crippen LogP contribution >= 0.6 is 0 Å². The topological polar surface area (TPSA) is 62.4 Å². The average Bonchev–Trinajstić information content (AvgIpc) is 2.39. The van der Waals surface area contributed by atoms with Crippen molar-refractivity contribution >= 4 is 5.69 Å². The van der Waals surface area contributed by atoms with E-state index in [2.05, 4.69) is 16.8 Å². The SMILES string of the molecule is CC1CCN(c2ccncc2C(O)CN)CC1. The highest BCUT2D eigenvalue weighted by atomic mass is 16.3. The minimum atomic E-state index is -0.613. The summed E-state index contributed by atoms with van der Waals surface area (Å²) >= 11 is 0. The summed E-state index contributed by atoms with van der Waals surface area (Å²) < 4.78 is 0. The summed E-state index contributed by atoms with van der Waals surface area (Å²) in [6.45, 7) is 4.63. The Labute approximate surface area is 102 Å². The van der Waals surface area contributed by atoms with E-state index < -0.39 is 6.10 Å². The zero-order valence-corrected chi connectivity index (χ0v) is 10.3. The number of aromatic nitrogens is 1. The lowest BCUT2D eigenvalue weighted by Crippen LogP contribution is -2.34. The Kier molecular flexibility index (Phi) is 3.97. The average molecular weight is 235 g/mol. The second-order valence-electron chi connectivity index (χ2n) is 4.86. The van der Waals surface area contributed by atoms with E-state index in [0.29, 0.717) is 0 Å². The van der Waals surface area contributed by atoms with Crippen LogP contribution in [0.25, 0.3) is 0 Å². The summed E-state index contributed by atoms with van der Waals surface area (Å²) in [5, 5.41) is 9.90. The number of aliphatic hydroxyl groups excluding tert-OH is 1. The zero-order chi connectivity index (χ0) is 12.3. The second kappa shape index (κ2) is 5.47. The van der Waals surface area contributed by atoms with Gasteiger partial charge in [0.1, 0.15) is 0 Å². The maximum Gasteiger partial charge on any atom is 0.0947 e. The first-order valence-electron chi connectivity index (χ1n) is 6.29. The molecule has 1 saturated heterocycles. The van der Waals surface area contributed by atoms with Gasteiger partial charge in [-0.1, -0.05) is 6.92 Å². The smallest absolute Gasteiger partial charge is 0.0947 e. The van der Waals surface area contributed by atoms with Gasteiger partial charge >= 0.3 is 0 Å². The van der Waals surface area contributed by atoms with Crippen molar-refractivity contribution in [3.05, 3.63) is 24.0 Å². The summed E-state index contributed by atoms with van der Waals surface area (Å²) in [5.74, 6) is 0.802. The standard InChI is InChI=1S/C13H21N3O/c1-10-3-6-16(7-4-10)12-2-5-15-9-11(12)13(17)8-14/h2,5,9-10,13,17H,3-4,6-8,14H2,1H3. The lowest BCUT2D eigenvalue weighted by molar-refractivity contribution is 0.186. The zero-order valence-electron chi connectivity index (χ0n) is 10.3. The fourth-order valence-corrected chi connectivity index (χ4v) is 2.32. The van der Waals surface area contributed by atoms with Gasteiger partial charge in [-0.05, 0) is 24.8 Å². The molecular formula is C13H21N3O. The Morgan fingerprint density at radius 2 is 2.24 bits per heavy atom. The van der Waals surface area contributed by atoms with Crippen molar-refractivity contribution in [1.29, 1.82) is 0 Å². The van der Waals surface area contributed by atoms with Crippen molar-refractivity contribution in [2.75, 3.05) is 24.5 Å². The van der Waals surface area contributed by atoms with Gasteiger partial charge in [-0.3, -0.25) is 4.98 Å². The molecule has 4 heteroatoms. The number of aliphatic hydroxyl groups is 1. The third-order valence-corrected chi connectivity index (χ3v) is 3.53. The summed E-state index contributed by atoms with van der Waals surface area (Å²) in [6.07, 6.45) is 5.31. The lowest BCUT2D eigenvalue weighted by Gasteiger charge is -2.33. The number of nitrogens with zero attached hydrogens (tertiary/aromatic N) is 2.